The van der Waals surface area contributed by atoms with Gasteiger partial charge in [0, 0.05) is 6.42 Å². The normalized spacial score (nSPS) is 20.5. The lowest BCUT2D eigenvalue weighted by Crippen LogP contribution is -2.68. The Morgan fingerprint density at radius 2 is 1.42 bits per heavy atom. The van der Waals surface area contributed by atoms with Crippen molar-refractivity contribution in [1.82, 2.24) is 0 Å². The fourth-order valence-electron chi connectivity index (χ4n) is 5.47. The Balaban J connectivity index is 1.63. The Labute approximate surface area is 216 Å². The predicted octanol–water partition coefficient (Wildman–Crippen LogP) is 5.38. The molecule has 0 radical (unpaired) electrons. The maximum atomic E-state index is 13.2. The standard InChI is InChI=1S/C31H38O4Si/c1-23-20-29(32)28(22-34-21-24-16-18-25(33-5)19-17-24)30(23)35-36(31(2,3)4,26-12-8-6-9-13-26)27-14-10-7-11-15-27/h6-19,23,28,30H,20-22H2,1-5H3/t23-,28-,30+/m1/s1. The molecular weight excluding hydrogens is 464 g/mol. The molecule has 0 heterocycles. The number of carbonyl (C=O) groups excluding carboxylic acids is 1. The van der Waals surface area contributed by atoms with Crippen molar-refractivity contribution in [2.75, 3.05) is 13.7 Å². The maximum Gasteiger partial charge on any atom is 0.261 e. The lowest BCUT2D eigenvalue weighted by atomic mass is 10.0. The van der Waals surface area contributed by atoms with Crippen LogP contribution in [0.25, 0.3) is 0 Å². The van der Waals surface area contributed by atoms with Crippen LogP contribution in [-0.4, -0.2) is 33.9 Å². The van der Waals surface area contributed by atoms with E-state index in [4.69, 9.17) is 13.9 Å². The molecule has 0 saturated heterocycles. The van der Waals surface area contributed by atoms with E-state index < -0.39 is 8.32 Å². The van der Waals surface area contributed by atoms with Crippen LogP contribution in [0.5, 0.6) is 5.75 Å². The van der Waals surface area contributed by atoms with Crippen molar-refractivity contribution in [2.24, 2.45) is 11.8 Å². The van der Waals surface area contributed by atoms with Crippen molar-refractivity contribution in [3.8, 4) is 5.75 Å². The zero-order valence-electron chi connectivity index (χ0n) is 22.1. The third-order valence-electron chi connectivity index (χ3n) is 7.35. The number of ether oxygens (including phenoxy) is 2. The zero-order valence-corrected chi connectivity index (χ0v) is 23.1. The molecule has 4 nitrogen and oxygen atoms in total. The summed E-state index contributed by atoms with van der Waals surface area (Å²) in [5, 5.41) is 2.32. The highest BCUT2D eigenvalue weighted by molar-refractivity contribution is 6.99. The van der Waals surface area contributed by atoms with Crippen LogP contribution in [0.1, 0.15) is 39.7 Å². The summed E-state index contributed by atoms with van der Waals surface area (Å²) < 4.78 is 18.7. The quantitative estimate of drug-likeness (QED) is 0.369. The molecule has 3 aromatic carbocycles. The number of methoxy groups -OCH3 is 1. The molecule has 0 spiro atoms. The molecule has 0 N–H and O–H groups in total. The minimum Gasteiger partial charge on any atom is -0.497 e. The van der Waals surface area contributed by atoms with Crippen LogP contribution >= 0.6 is 0 Å². The first-order valence-electron chi connectivity index (χ1n) is 12.8. The van der Waals surface area contributed by atoms with E-state index in [2.05, 4.69) is 76.2 Å². The highest BCUT2D eigenvalue weighted by Gasteiger charge is 2.54. The Kier molecular flexibility index (Phi) is 8.13. The fraction of sp³-hybridized carbons (Fsp3) is 0.387. The van der Waals surface area contributed by atoms with E-state index in [1.54, 1.807) is 7.11 Å². The van der Waals surface area contributed by atoms with E-state index in [1.165, 1.54) is 10.4 Å². The number of benzene rings is 3. The second-order valence-corrected chi connectivity index (χ2v) is 15.1. The summed E-state index contributed by atoms with van der Waals surface area (Å²) in [7, 11) is -1.11. The van der Waals surface area contributed by atoms with Crippen molar-refractivity contribution in [3.05, 3.63) is 90.5 Å². The highest BCUT2D eigenvalue weighted by Crippen LogP contribution is 2.42. The summed E-state index contributed by atoms with van der Waals surface area (Å²) in [5.74, 6) is 0.908. The van der Waals surface area contributed by atoms with Crippen LogP contribution in [0, 0.1) is 11.8 Å². The molecule has 0 bridgehead atoms. The van der Waals surface area contributed by atoms with Crippen molar-refractivity contribution < 1.29 is 18.7 Å². The molecule has 0 unspecified atom stereocenters. The van der Waals surface area contributed by atoms with Gasteiger partial charge in [-0.15, -0.1) is 0 Å². The number of carbonyl (C=O) groups is 1. The minimum absolute atomic E-state index is 0.133. The van der Waals surface area contributed by atoms with Gasteiger partial charge in [-0.1, -0.05) is 100 Å². The summed E-state index contributed by atoms with van der Waals surface area (Å²) in [6, 6.07) is 29.1. The molecule has 5 heteroatoms. The average Bonchev–Trinajstić information content (AvgIpc) is 3.14. The van der Waals surface area contributed by atoms with Crippen LogP contribution in [0.2, 0.25) is 5.04 Å². The molecule has 1 aliphatic carbocycles. The molecule has 4 rings (SSSR count). The summed E-state index contributed by atoms with van der Waals surface area (Å²) >= 11 is 0. The van der Waals surface area contributed by atoms with Gasteiger partial charge in [-0.05, 0) is 39.0 Å². The van der Waals surface area contributed by atoms with Crippen LogP contribution in [0.3, 0.4) is 0 Å². The van der Waals surface area contributed by atoms with Gasteiger partial charge in [0.05, 0.1) is 32.3 Å². The van der Waals surface area contributed by atoms with E-state index in [9.17, 15) is 4.79 Å². The van der Waals surface area contributed by atoms with Gasteiger partial charge in [-0.2, -0.15) is 0 Å². The number of hydrogen-bond donors (Lipinski definition) is 0. The van der Waals surface area contributed by atoms with Gasteiger partial charge in [0.2, 0.25) is 0 Å². The second-order valence-electron chi connectivity index (χ2n) is 10.9. The van der Waals surface area contributed by atoms with Crippen molar-refractivity contribution in [1.29, 1.82) is 0 Å². The van der Waals surface area contributed by atoms with Gasteiger partial charge in [-0.25, -0.2) is 0 Å². The summed E-state index contributed by atoms with van der Waals surface area (Å²) in [6.07, 6.45) is 0.332. The van der Waals surface area contributed by atoms with Gasteiger partial charge in [0.25, 0.3) is 8.32 Å². The third-order valence-corrected chi connectivity index (χ3v) is 12.4. The van der Waals surface area contributed by atoms with Crippen LogP contribution in [0.4, 0.5) is 0 Å². The minimum atomic E-state index is -2.76. The molecule has 3 atom stereocenters. The monoisotopic (exact) mass is 502 g/mol. The SMILES string of the molecule is COc1ccc(COC[C@@H]2C(=O)C[C@@H](C)[C@@H]2O[Si](c2ccccc2)(c2ccccc2)C(C)(C)C)cc1. The Morgan fingerprint density at radius 3 is 1.92 bits per heavy atom. The first-order valence-corrected chi connectivity index (χ1v) is 14.7. The zero-order chi connectivity index (χ0) is 25.8. The molecule has 0 amide bonds. The number of ketones is 1. The Bertz CT molecular complexity index is 1080. The molecule has 36 heavy (non-hydrogen) atoms. The third kappa shape index (κ3) is 5.34. The van der Waals surface area contributed by atoms with E-state index in [-0.39, 0.29) is 28.8 Å². The van der Waals surface area contributed by atoms with E-state index in [0.717, 1.165) is 11.3 Å². The van der Waals surface area contributed by atoms with E-state index >= 15 is 0 Å². The number of hydrogen-bond acceptors (Lipinski definition) is 4. The molecule has 1 saturated carbocycles. The van der Waals surface area contributed by atoms with Crippen LogP contribution < -0.4 is 15.1 Å². The smallest absolute Gasteiger partial charge is 0.261 e. The average molecular weight is 503 g/mol. The Morgan fingerprint density at radius 1 is 0.861 bits per heavy atom. The lowest BCUT2D eigenvalue weighted by molar-refractivity contribution is -0.124. The van der Waals surface area contributed by atoms with E-state index in [1.807, 2.05) is 36.4 Å². The number of rotatable bonds is 9. The summed E-state index contributed by atoms with van der Waals surface area (Å²) in [5.41, 5.74) is 1.05. The maximum absolute atomic E-state index is 13.2. The van der Waals surface area contributed by atoms with Gasteiger partial charge < -0.3 is 13.9 Å². The van der Waals surface area contributed by atoms with Crippen LogP contribution in [0.15, 0.2) is 84.9 Å². The Hall–Kier alpha value is -2.73. The van der Waals surface area contributed by atoms with Gasteiger partial charge in [-0.3, -0.25) is 4.79 Å². The molecule has 0 aromatic heterocycles. The second kappa shape index (κ2) is 11.1. The first kappa shape index (κ1) is 26.3. The van der Waals surface area contributed by atoms with Gasteiger partial charge >= 0.3 is 0 Å². The fourth-order valence-corrected chi connectivity index (χ4v) is 10.3. The summed E-state index contributed by atoms with van der Waals surface area (Å²) in [4.78, 5) is 13.2. The first-order chi connectivity index (χ1) is 17.3. The van der Waals surface area contributed by atoms with E-state index in [0.29, 0.717) is 19.6 Å². The lowest BCUT2D eigenvalue weighted by Gasteiger charge is -2.46. The molecule has 1 aliphatic rings. The van der Waals surface area contributed by atoms with Crippen molar-refractivity contribution in [2.45, 2.75) is 51.9 Å². The molecule has 3 aromatic rings. The molecule has 190 valence electrons. The predicted molar refractivity (Wildman–Crippen MR) is 147 cm³/mol. The molecular formula is C31H38O4Si. The van der Waals surface area contributed by atoms with Crippen molar-refractivity contribution >= 4 is 24.5 Å². The summed E-state index contributed by atoms with van der Waals surface area (Å²) in [6.45, 7) is 9.78. The van der Waals surface area contributed by atoms with Gasteiger partial charge in [0.1, 0.15) is 11.5 Å². The van der Waals surface area contributed by atoms with Gasteiger partial charge in [0.15, 0.2) is 0 Å². The largest absolute Gasteiger partial charge is 0.497 e. The van der Waals surface area contributed by atoms with Crippen molar-refractivity contribution in [3.63, 3.8) is 0 Å². The number of Topliss-reactive ketones (excluding diaryl/α,β-unsaturated/α-hetero) is 1. The molecule has 0 aliphatic heterocycles. The topological polar surface area (TPSA) is 44.8 Å². The van der Waals surface area contributed by atoms with Crippen LogP contribution in [-0.2, 0) is 20.6 Å². The molecule has 1 fully saturated rings. The highest BCUT2D eigenvalue weighted by atomic mass is 28.4.